The summed E-state index contributed by atoms with van der Waals surface area (Å²) in [6.45, 7) is 1.13. The number of nitrogens with one attached hydrogen (secondary N) is 1. The average molecular weight is 360 g/mol. The number of ether oxygens (including phenoxy) is 1. The van der Waals surface area contributed by atoms with Crippen molar-refractivity contribution in [3.05, 3.63) is 16.7 Å². The molecule has 0 radical (unpaired) electrons. The van der Waals surface area contributed by atoms with Gasteiger partial charge in [-0.1, -0.05) is 0 Å². The summed E-state index contributed by atoms with van der Waals surface area (Å²) in [4.78, 5) is 31.1. The molecule has 0 bridgehead atoms. The smallest absolute Gasteiger partial charge is 0.280 e. The third kappa shape index (κ3) is 2.78. The molecule has 12 nitrogen and oxygen atoms in total. The van der Waals surface area contributed by atoms with Crippen LogP contribution in [-0.2, 0) is 9.26 Å². The van der Waals surface area contributed by atoms with Gasteiger partial charge in [-0.15, -0.1) is 0 Å². The summed E-state index contributed by atoms with van der Waals surface area (Å²) in [6, 6.07) is 0. The largest absolute Gasteiger partial charge is 0.387 e. The maximum absolute atomic E-state index is 11.8. The van der Waals surface area contributed by atoms with Crippen LogP contribution in [0.1, 0.15) is 13.2 Å². The number of aliphatic hydroxyl groups excluding tert-OH is 1. The van der Waals surface area contributed by atoms with Gasteiger partial charge in [0.05, 0.1) is 12.9 Å². The SMILES string of the molecule is C[C@@]1(O)[C@H](O)[C@@H](COP(N)O)O[C@H]1n1cnc2c(=O)[nH]c(N)nc21. The van der Waals surface area contributed by atoms with Crippen LogP contribution in [0, 0.1) is 0 Å². The average Bonchev–Trinajstić information content (AvgIpc) is 2.98. The number of H-pyrrole nitrogens is 1. The molecule has 1 aliphatic heterocycles. The van der Waals surface area contributed by atoms with Crippen molar-refractivity contribution in [1.82, 2.24) is 19.5 Å². The fourth-order valence-electron chi connectivity index (χ4n) is 2.64. The van der Waals surface area contributed by atoms with Crippen LogP contribution in [0.25, 0.3) is 11.2 Å². The van der Waals surface area contributed by atoms with Gasteiger partial charge in [0.2, 0.25) is 14.5 Å². The van der Waals surface area contributed by atoms with Crippen molar-refractivity contribution in [2.45, 2.75) is 31.0 Å². The maximum Gasteiger partial charge on any atom is 0.280 e. The zero-order chi connectivity index (χ0) is 17.6. The summed E-state index contributed by atoms with van der Waals surface area (Å²) in [5, 5.41) is 20.9. The molecule has 1 fully saturated rings. The van der Waals surface area contributed by atoms with E-state index in [1.807, 2.05) is 0 Å². The second kappa shape index (κ2) is 6.01. The van der Waals surface area contributed by atoms with E-state index in [1.54, 1.807) is 0 Å². The molecule has 1 saturated heterocycles. The Labute approximate surface area is 136 Å². The zero-order valence-corrected chi connectivity index (χ0v) is 13.4. The van der Waals surface area contributed by atoms with Crippen LogP contribution < -0.4 is 16.8 Å². The molecule has 5 atom stereocenters. The Bertz CT molecular complexity index is 806. The topological polar surface area (TPSA) is 195 Å². The first-order chi connectivity index (χ1) is 11.2. The molecule has 0 spiro atoms. The number of aromatic amines is 1. The summed E-state index contributed by atoms with van der Waals surface area (Å²) in [5.41, 5.74) is 8.50. The summed E-state index contributed by atoms with van der Waals surface area (Å²) >= 11 is 0. The Kier molecular flexibility index (Phi) is 4.30. The number of hydrogen-bond donors (Lipinski definition) is 6. The molecule has 8 N–H and O–H groups in total. The van der Waals surface area contributed by atoms with Crippen LogP contribution in [0.4, 0.5) is 5.95 Å². The minimum absolute atomic E-state index is 0.0126. The molecule has 13 heteroatoms. The first-order valence-corrected chi connectivity index (χ1v) is 8.14. The van der Waals surface area contributed by atoms with Crippen LogP contribution in [0.5, 0.6) is 0 Å². The summed E-state index contributed by atoms with van der Waals surface area (Å²) in [5.74, 6) is -0.124. The number of aliphatic hydroxyl groups is 2. The van der Waals surface area contributed by atoms with Crippen LogP contribution in [0.3, 0.4) is 0 Å². The fraction of sp³-hybridized carbons (Fsp3) is 0.545. The number of rotatable bonds is 4. The number of hydrogen-bond acceptors (Lipinski definition) is 10. The number of nitrogens with zero attached hydrogens (tertiary/aromatic N) is 3. The van der Waals surface area contributed by atoms with E-state index >= 15 is 0 Å². The highest BCUT2D eigenvalue weighted by Crippen LogP contribution is 2.40. The van der Waals surface area contributed by atoms with Crippen molar-refractivity contribution < 1.29 is 24.4 Å². The fourth-order valence-corrected chi connectivity index (χ4v) is 2.94. The molecule has 1 aliphatic rings. The van der Waals surface area contributed by atoms with E-state index < -0.39 is 38.1 Å². The molecule has 3 heterocycles. The highest BCUT2D eigenvalue weighted by atomic mass is 31.2. The molecule has 2 aromatic rings. The first kappa shape index (κ1) is 17.2. The van der Waals surface area contributed by atoms with E-state index in [4.69, 9.17) is 25.4 Å². The zero-order valence-electron chi connectivity index (χ0n) is 12.5. The van der Waals surface area contributed by atoms with E-state index in [2.05, 4.69) is 15.0 Å². The van der Waals surface area contributed by atoms with Crippen molar-refractivity contribution in [1.29, 1.82) is 0 Å². The lowest BCUT2D eigenvalue weighted by Gasteiger charge is -2.27. The van der Waals surface area contributed by atoms with Gasteiger partial charge in [0.25, 0.3) is 5.56 Å². The molecule has 1 unspecified atom stereocenters. The number of nitrogen functional groups attached to an aromatic ring is 1. The van der Waals surface area contributed by atoms with Crippen molar-refractivity contribution in [2.24, 2.45) is 5.50 Å². The Morgan fingerprint density at radius 1 is 1.62 bits per heavy atom. The van der Waals surface area contributed by atoms with Gasteiger partial charge in [0, 0.05) is 0 Å². The molecule has 132 valence electrons. The summed E-state index contributed by atoms with van der Waals surface area (Å²) < 4.78 is 11.8. The second-order valence-corrected chi connectivity index (χ2v) is 6.43. The first-order valence-electron chi connectivity index (χ1n) is 6.86. The highest BCUT2D eigenvalue weighted by Gasteiger charge is 2.53. The Balaban J connectivity index is 1.98. The normalized spacial score (nSPS) is 31.6. The molecule has 0 aromatic carbocycles. The predicted octanol–water partition coefficient (Wildman–Crippen LogP) is -2.09. The minimum atomic E-state index is -2.13. The quantitative estimate of drug-likeness (QED) is 0.329. The summed E-state index contributed by atoms with van der Waals surface area (Å²) in [6.07, 6.45) is -2.15. The van der Waals surface area contributed by atoms with Crippen molar-refractivity contribution in [2.75, 3.05) is 12.3 Å². The number of anilines is 1. The van der Waals surface area contributed by atoms with E-state index in [1.165, 1.54) is 17.8 Å². The molecular formula is C11H17N6O6P. The maximum atomic E-state index is 11.8. The van der Waals surface area contributed by atoms with Crippen molar-refractivity contribution in [3.63, 3.8) is 0 Å². The Morgan fingerprint density at radius 3 is 3.00 bits per heavy atom. The van der Waals surface area contributed by atoms with Crippen LogP contribution in [-0.4, -0.2) is 59.0 Å². The Morgan fingerprint density at radius 2 is 2.33 bits per heavy atom. The molecule has 2 aromatic heterocycles. The highest BCUT2D eigenvalue weighted by molar-refractivity contribution is 7.43. The van der Waals surface area contributed by atoms with Crippen molar-refractivity contribution in [3.8, 4) is 0 Å². The van der Waals surface area contributed by atoms with Crippen molar-refractivity contribution >= 4 is 25.6 Å². The number of aromatic nitrogens is 4. The van der Waals surface area contributed by atoms with Gasteiger partial charge >= 0.3 is 0 Å². The molecule has 24 heavy (non-hydrogen) atoms. The third-order valence-electron chi connectivity index (χ3n) is 3.83. The number of imidazole rings is 1. The predicted molar refractivity (Wildman–Crippen MR) is 82.4 cm³/mol. The standard InChI is InChI=1S/C11H17N6O6P/c1-11(20)6(18)4(2-22-24(13)21)23-9(11)17-3-14-5-7(17)15-10(12)16-8(5)19/h3-4,6,9,18,20-21H,2,13H2,1H3,(H3,12,15,16,19)/t4-,6-,9-,11-,24?/m1/s1. The number of nitrogens with two attached hydrogens (primary N) is 2. The van der Waals surface area contributed by atoms with Gasteiger partial charge < -0.3 is 30.1 Å². The molecular weight excluding hydrogens is 343 g/mol. The van der Waals surface area contributed by atoms with E-state index in [9.17, 15) is 15.0 Å². The lowest BCUT2D eigenvalue weighted by molar-refractivity contribution is -0.0947. The lowest BCUT2D eigenvalue weighted by atomic mass is 9.96. The third-order valence-corrected chi connectivity index (χ3v) is 4.24. The van der Waals surface area contributed by atoms with Gasteiger partial charge in [-0.25, -0.2) is 4.98 Å². The molecule has 0 amide bonds. The van der Waals surface area contributed by atoms with E-state index in [0.29, 0.717) is 0 Å². The molecule has 3 rings (SSSR count). The van der Waals surface area contributed by atoms with Gasteiger partial charge in [-0.05, 0) is 6.92 Å². The van der Waals surface area contributed by atoms with Gasteiger partial charge in [0.15, 0.2) is 17.4 Å². The lowest BCUT2D eigenvalue weighted by Crippen LogP contribution is -2.44. The van der Waals surface area contributed by atoms with Crippen LogP contribution in [0.2, 0.25) is 0 Å². The van der Waals surface area contributed by atoms with Gasteiger partial charge in [0.1, 0.15) is 17.8 Å². The summed E-state index contributed by atoms with van der Waals surface area (Å²) in [7, 11) is -2.13. The van der Waals surface area contributed by atoms with E-state index in [0.717, 1.165) is 0 Å². The second-order valence-electron chi connectivity index (χ2n) is 5.57. The number of fused-ring (bicyclic) bond motifs is 1. The van der Waals surface area contributed by atoms with Gasteiger partial charge in [-0.2, -0.15) is 4.98 Å². The minimum Gasteiger partial charge on any atom is -0.387 e. The van der Waals surface area contributed by atoms with Gasteiger partial charge in [-0.3, -0.25) is 19.8 Å². The van der Waals surface area contributed by atoms with E-state index in [-0.39, 0.29) is 23.7 Å². The monoisotopic (exact) mass is 360 g/mol. The van der Waals surface area contributed by atoms with Crippen LogP contribution in [0.15, 0.2) is 11.1 Å². The molecule has 0 aliphatic carbocycles. The Hall–Kier alpha value is -1.66. The van der Waals surface area contributed by atoms with Crippen LogP contribution >= 0.6 is 8.53 Å². The molecule has 0 saturated carbocycles.